The molecule has 3 heteroatoms. The van der Waals surface area contributed by atoms with E-state index in [0.717, 1.165) is 23.2 Å². The molecule has 0 bridgehead atoms. The fourth-order valence-electron chi connectivity index (χ4n) is 1.77. The van der Waals surface area contributed by atoms with Crippen molar-refractivity contribution < 1.29 is 0 Å². The third-order valence-corrected chi connectivity index (χ3v) is 2.53. The van der Waals surface area contributed by atoms with Gasteiger partial charge >= 0.3 is 0 Å². The van der Waals surface area contributed by atoms with Crippen LogP contribution in [-0.2, 0) is 6.42 Å². The summed E-state index contributed by atoms with van der Waals surface area (Å²) in [7, 11) is 0. The van der Waals surface area contributed by atoms with E-state index in [1.165, 1.54) is 5.56 Å². The highest BCUT2D eigenvalue weighted by Crippen LogP contribution is 2.28. The van der Waals surface area contributed by atoms with Gasteiger partial charge in [0.15, 0.2) is 5.82 Å². The molecule has 0 radical (unpaired) electrons. The SMILES string of the molecule is CCc1[nH]nc(N)c1-c1cccc(C)c1. The molecule has 3 nitrogen and oxygen atoms in total. The molecule has 1 aromatic carbocycles. The lowest BCUT2D eigenvalue weighted by Gasteiger charge is -2.03. The van der Waals surface area contributed by atoms with Crippen LogP contribution in [-0.4, -0.2) is 10.2 Å². The zero-order valence-electron chi connectivity index (χ0n) is 9.04. The minimum atomic E-state index is 0.581. The van der Waals surface area contributed by atoms with Gasteiger partial charge in [-0.25, -0.2) is 0 Å². The van der Waals surface area contributed by atoms with Gasteiger partial charge in [0.2, 0.25) is 0 Å². The van der Waals surface area contributed by atoms with Gasteiger partial charge in [-0.1, -0.05) is 36.8 Å². The summed E-state index contributed by atoms with van der Waals surface area (Å²) >= 11 is 0. The Hall–Kier alpha value is -1.77. The molecule has 0 amide bonds. The fourth-order valence-corrected chi connectivity index (χ4v) is 1.77. The first-order valence-electron chi connectivity index (χ1n) is 5.12. The number of benzene rings is 1. The number of nitrogen functional groups attached to an aromatic ring is 1. The highest BCUT2D eigenvalue weighted by Gasteiger charge is 2.11. The standard InChI is InChI=1S/C12H15N3/c1-3-10-11(12(13)15-14-10)9-6-4-5-8(2)7-9/h4-7H,3H2,1-2H3,(H3,13,14,15). The van der Waals surface area contributed by atoms with Crippen LogP contribution in [0.25, 0.3) is 11.1 Å². The molecule has 0 saturated carbocycles. The van der Waals surface area contributed by atoms with Crippen molar-refractivity contribution in [3.63, 3.8) is 0 Å². The number of aromatic nitrogens is 2. The van der Waals surface area contributed by atoms with Crippen molar-refractivity contribution in [3.8, 4) is 11.1 Å². The molecule has 78 valence electrons. The molecule has 0 atom stereocenters. The van der Waals surface area contributed by atoms with Crippen LogP contribution in [0.2, 0.25) is 0 Å². The Morgan fingerprint density at radius 3 is 2.87 bits per heavy atom. The molecular formula is C12H15N3. The summed E-state index contributed by atoms with van der Waals surface area (Å²) < 4.78 is 0. The smallest absolute Gasteiger partial charge is 0.153 e. The number of hydrogen-bond acceptors (Lipinski definition) is 2. The number of aryl methyl sites for hydroxylation is 2. The Bertz CT molecular complexity index is 471. The average molecular weight is 201 g/mol. The lowest BCUT2D eigenvalue weighted by atomic mass is 10.0. The Morgan fingerprint density at radius 2 is 2.20 bits per heavy atom. The van der Waals surface area contributed by atoms with Crippen molar-refractivity contribution in [1.82, 2.24) is 10.2 Å². The van der Waals surface area contributed by atoms with Crippen LogP contribution in [0.5, 0.6) is 0 Å². The first kappa shape index (κ1) is 9.77. The number of nitrogens with two attached hydrogens (primary N) is 1. The number of anilines is 1. The van der Waals surface area contributed by atoms with E-state index in [4.69, 9.17) is 5.73 Å². The number of nitrogens with zero attached hydrogens (tertiary/aromatic N) is 1. The van der Waals surface area contributed by atoms with E-state index in [2.05, 4.69) is 42.2 Å². The predicted molar refractivity (Wildman–Crippen MR) is 62.6 cm³/mol. The molecule has 1 heterocycles. The summed E-state index contributed by atoms with van der Waals surface area (Å²) in [5, 5.41) is 7.01. The second-order valence-corrected chi connectivity index (χ2v) is 3.69. The first-order valence-corrected chi connectivity index (χ1v) is 5.12. The predicted octanol–water partition coefficient (Wildman–Crippen LogP) is 2.53. The summed E-state index contributed by atoms with van der Waals surface area (Å²) in [6, 6.07) is 8.30. The van der Waals surface area contributed by atoms with E-state index in [1.807, 2.05) is 6.07 Å². The van der Waals surface area contributed by atoms with Crippen molar-refractivity contribution in [2.75, 3.05) is 5.73 Å². The molecule has 0 aliphatic heterocycles. The summed E-state index contributed by atoms with van der Waals surface area (Å²) in [4.78, 5) is 0. The first-order chi connectivity index (χ1) is 7.22. The molecule has 0 fully saturated rings. The Balaban J connectivity index is 2.57. The lowest BCUT2D eigenvalue weighted by Crippen LogP contribution is -1.90. The molecule has 15 heavy (non-hydrogen) atoms. The monoisotopic (exact) mass is 201 g/mol. The largest absolute Gasteiger partial charge is 0.382 e. The van der Waals surface area contributed by atoms with Crippen LogP contribution >= 0.6 is 0 Å². The van der Waals surface area contributed by atoms with Gasteiger partial charge in [0, 0.05) is 11.3 Å². The molecule has 2 aromatic rings. The van der Waals surface area contributed by atoms with Gasteiger partial charge in [-0.3, -0.25) is 5.10 Å². The molecular weight excluding hydrogens is 186 g/mol. The minimum Gasteiger partial charge on any atom is -0.382 e. The maximum atomic E-state index is 5.86. The van der Waals surface area contributed by atoms with Crippen molar-refractivity contribution in [3.05, 3.63) is 35.5 Å². The van der Waals surface area contributed by atoms with Crippen LogP contribution in [0.15, 0.2) is 24.3 Å². The normalized spacial score (nSPS) is 10.5. The highest BCUT2D eigenvalue weighted by molar-refractivity contribution is 5.76. The summed E-state index contributed by atoms with van der Waals surface area (Å²) in [5.41, 5.74) is 10.4. The van der Waals surface area contributed by atoms with Gasteiger partial charge in [0.1, 0.15) is 0 Å². The molecule has 0 saturated heterocycles. The molecule has 3 N–H and O–H groups in total. The van der Waals surface area contributed by atoms with E-state index in [-0.39, 0.29) is 0 Å². The quantitative estimate of drug-likeness (QED) is 0.784. The molecule has 0 aliphatic rings. The topological polar surface area (TPSA) is 54.7 Å². The number of H-pyrrole nitrogens is 1. The lowest BCUT2D eigenvalue weighted by molar-refractivity contribution is 0.978. The maximum absolute atomic E-state index is 5.86. The number of aromatic amines is 1. The van der Waals surface area contributed by atoms with Crippen molar-refractivity contribution in [1.29, 1.82) is 0 Å². The summed E-state index contributed by atoms with van der Waals surface area (Å²) in [5.74, 6) is 0.581. The van der Waals surface area contributed by atoms with Gasteiger partial charge < -0.3 is 5.73 Å². The van der Waals surface area contributed by atoms with Crippen LogP contribution in [0.4, 0.5) is 5.82 Å². The highest BCUT2D eigenvalue weighted by atomic mass is 15.2. The van der Waals surface area contributed by atoms with Gasteiger partial charge in [-0.15, -0.1) is 0 Å². The Labute approximate surface area is 89.3 Å². The molecule has 0 unspecified atom stereocenters. The minimum absolute atomic E-state index is 0.581. The van der Waals surface area contributed by atoms with E-state index in [1.54, 1.807) is 0 Å². The molecule has 0 aliphatic carbocycles. The van der Waals surface area contributed by atoms with Gasteiger partial charge in [-0.05, 0) is 18.9 Å². The van der Waals surface area contributed by atoms with Crippen LogP contribution in [0, 0.1) is 6.92 Å². The van der Waals surface area contributed by atoms with Crippen molar-refractivity contribution >= 4 is 5.82 Å². The summed E-state index contributed by atoms with van der Waals surface area (Å²) in [6.45, 7) is 4.16. The van der Waals surface area contributed by atoms with Crippen LogP contribution in [0.1, 0.15) is 18.2 Å². The Kier molecular flexibility index (Phi) is 2.46. The van der Waals surface area contributed by atoms with Gasteiger partial charge in [-0.2, -0.15) is 5.10 Å². The average Bonchev–Trinajstić information content (AvgIpc) is 2.59. The van der Waals surface area contributed by atoms with Gasteiger partial charge in [0.05, 0.1) is 0 Å². The van der Waals surface area contributed by atoms with E-state index in [9.17, 15) is 0 Å². The Morgan fingerprint density at radius 1 is 1.40 bits per heavy atom. The van der Waals surface area contributed by atoms with Crippen LogP contribution in [0.3, 0.4) is 0 Å². The van der Waals surface area contributed by atoms with E-state index < -0.39 is 0 Å². The van der Waals surface area contributed by atoms with Crippen molar-refractivity contribution in [2.24, 2.45) is 0 Å². The number of nitrogens with one attached hydrogen (secondary N) is 1. The molecule has 1 aromatic heterocycles. The number of rotatable bonds is 2. The van der Waals surface area contributed by atoms with Crippen LogP contribution < -0.4 is 5.73 Å². The number of hydrogen-bond donors (Lipinski definition) is 2. The third-order valence-electron chi connectivity index (χ3n) is 2.53. The third kappa shape index (κ3) is 1.73. The fraction of sp³-hybridized carbons (Fsp3) is 0.250. The summed E-state index contributed by atoms with van der Waals surface area (Å²) in [6.07, 6.45) is 0.910. The maximum Gasteiger partial charge on any atom is 0.153 e. The van der Waals surface area contributed by atoms with Gasteiger partial charge in [0.25, 0.3) is 0 Å². The second kappa shape index (κ2) is 3.77. The zero-order valence-corrected chi connectivity index (χ0v) is 9.04. The van der Waals surface area contributed by atoms with Crippen molar-refractivity contribution in [2.45, 2.75) is 20.3 Å². The van der Waals surface area contributed by atoms with E-state index in [0.29, 0.717) is 5.82 Å². The second-order valence-electron chi connectivity index (χ2n) is 3.69. The molecule has 2 rings (SSSR count). The molecule has 0 spiro atoms. The zero-order chi connectivity index (χ0) is 10.8. The van der Waals surface area contributed by atoms with E-state index >= 15 is 0 Å².